The number of hydrogen-bond donors (Lipinski definition) is 3. The molecule has 0 saturated heterocycles. The lowest BCUT2D eigenvalue weighted by Gasteiger charge is -2.13. The van der Waals surface area contributed by atoms with Crippen LogP contribution < -0.4 is 16.0 Å². The molecule has 0 heterocycles. The summed E-state index contributed by atoms with van der Waals surface area (Å²) >= 11 is 0. The molecule has 1 aromatic carbocycles. The van der Waals surface area contributed by atoms with E-state index >= 15 is 0 Å². The lowest BCUT2D eigenvalue weighted by atomic mass is 10.1. The number of nitrogens with zero attached hydrogens (tertiary/aromatic N) is 1. The van der Waals surface area contributed by atoms with Gasteiger partial charge in [0.15, 0.2) is 5.96 Å². The minimum absolute atomic E-state index is 0.0533. The van der Waals surface area contributed by atoms with Gasteiger partial charge in [-0.05, 0) is 44.9 Å². The Hall–Kier alpha value is -2.04. The predicted molar refractivity (Wildman–Crippen MR) is 88.7 cm³/mol. The molecule has 0 unspecified atom stereocenters. The number of rotatable bonds is 6. The number of benzene rings is 1. The molecule has 21 heavy (non-hydrogen) atoms. The summed E-state index contributed by atoms with van der Waals surface area (Å²) in [5, 5.41) is 9.27. The summed E-state index contributed by atoms with van der Waals surface area (Å²) in [6.07, 6.45) is 0.870. The molecule has 0 aliphatic heterocycles. The Morgan fingerprint density at radius 3 is 2.43 bits per heavy atom. The molecule has 5 heteroatoms. The number of aliphatic imine (C=N–C) groups is 1. The van der Waals surface area contributed by atoms with Crippen LogP contribution in [0.2, 0.25) is 0 Å². The zero-order chi connectivity index (χ0) is 15.7. The van der Waals surface area contributed by atoms with Crippen molar-refractivity contribution < 1.29 is 4.79 Å². The first kappa shape index (κ1) is 17.0. The molecule has 5 nitrogen and oxygen atoms in total. The number of amides is 1. The maximum atomic E-state index is 11.0. The molecule has 0 aliphatic rings. The second-order valence-electron chi connectivity index (χ2n) is 5.19. The van der Waals surface area contributed by atoms with Crippen LogP contribution in [0.1, 0.15) is 33.3 Å². The van der Waals surface area contributed by atoms with E-state index in [1.165, 1.54) is 12.5 Å². The monoisotopic (exact) mass is 290 g/mol. The van der Waals surface area contributed by atoms with E-state index in [4.69, 9.17) is 0 Å². The highest BCUT2D eigenvalue weighted by Gasteiger charge is 2.00. The summed E-state index contributed by atoms with van der Waals surface area (Å²) < 4.78 is 0. The van der Waals surface area contributed by atoms with E-state index in [2.05, 4.69) is 41.7 Å². The zero-order valence-corrected chi connectivity index (χ0v) is 13.4. The highest BCUT2D eigenvalue weighted by atomic mass is 16.1. The van der Waals surface area contributed by atoms with Gasteiger partial charge in [0.25, 0.3) is 0 Å². The van der Waals surface area contributed by atoms with Crippen molar-refractivity contribution in [2.24, 2.45) is 4.99 Å². The van der Waals surface area contributed by atoms with Crippen molar-refractivity contribution in [3.8, 4) is 0 Å². The Morgan fingerprint density at radius 1 is 1.24 bits per heavy atom. The maximum Gasteiger partial charge on any atom is 0.221 e. The summed E-state index contributed by atoms with van der Waals surface area (Å²) in [7, 11) is 0. The molecule has 0 fully saturated rings. The van der Waals surface area contributed by atoms with Gasteiger partial charge in [-0.3, -0.25) is 9.79 Å². The van der Waals surface area contributed by atoms with Gasteiger partial charge in [-0.15, -0.1) is 0 Å². The first-order chi connectivity index (χ1) is 10.0. The van der Waals surface area contributed by atoms with Gasteiger partial charge in [-0.25, -0.2) is 0 Å². The van der Waals surface area contributed by atoms with Gasteiger partial charge in [0.05, 0.1) is 0 Å². The molecule has 116 valence electrons. The average molecular weight is 290 g/mol. The van der Waals surface area contributed by atoms with Crippen molar-refractivity contribution >= 4 is 17.6 Å². The molecule has 0 radical (unpaired) electrons. The number of carbonyl (C=O) groups excluding carboxylic acids is 1. The fourth-order valence-electron chi connectivity index (χ4n) is 1.85. The van der Waals surface area contributed by atoms with E-state index in [0.29, 0.717) is 6.04 Å². The Kier molecular flexibility index (Phi) is 7.29. The fraction of sp³-hybridized carbons (Fsp3) is 0.500. The summed E-state index contributed by atoms with van der Waals surface area (Å²) in [4.78, 5) is 15.5. The smallest absolute Gasteiger partial charge is 0.221 e. The van der Waals surface area contributed by atoms with Crippen molar-refractivity contribution in [2.75, 3.05) is 18.4 Å². The third-order valence-corrected chi connectivity index (χ3v) is 2.71. The number of guanidine groups is 1. The number of carbonyl (C=O) groups is 1. The molecule has 1 rings (SSSR count). The van der Waals surface area contributed by atoms with Crippen LogP contribution >= 0.6 is 0 Å². The van der Waals surface area contributed by atoms with Crippen LogP contribution in [0.3, 0.4) is 0 Å². The van der Waals surface area contributed by atoms with Crippen LogP contribution in [0.25, 0.3) is 0 Å². The third-order valence-electron chi connectivity index (χ3n) is 2.71. The molecule has 1 amide bonds. The van der Waals surface area contributed by atoms with E-state index in [9.17, 15) is 4.79 Å². The molecule has 0 spiro atoms. The highest BCUT2D eigenvalue weighted by molar-refractivity contribution is 5.88. The molecular formula is C16H26N4O. The van der Waals surface area contributed by atoms with Crippen molar-refractivity contribution in [1.29, 1.82) is 0 Å². The molecule has 0 aliphatic carbocycles. The van der Waals surface area contributed by atoms with Gasteiger partial charge in [0.2, 0.25) is 5.91 Å². The van der Waals surface area contributed by atoms with Gasteiger partial charge >= 0.3 is 0 Å². The van der Waals surface area contributed by atoms with Crippen LogP contribution in [-0.2, 0) is 11.2 Å². The van der Waals surface area contributed by atoms with Crippen LogP contribution in [0.15, 0.2) is 29.3 Å². The van der Waals surface area contributed by atoms with Crippen LogP contribution in [0.4, 0.5) is 5.69 Å². The second kappa shape index (κ2) is 9.00. The average Bonchev–Trinajstić information content (AvgIpc) is 2.39. The lowest BCUT2D eigenvalue weighted by molar-refractivity contribution is -0.114. The standard InChI is InChI=1S/C16H26N4O/c1-5-17-16(19-12(2)3)18-11-10-14-6-8-15(9-7-14)20-13(4)21/h6-9,12H,5,10-11H2,1-4H3,(H,20,21)(H2,17,18,19). The lowest BCUT2D eigenvalue weighted by Crippen LogP contribution is -2.41. The van der Waals surface area contributed by atoms with Crippen molar-refractivity contribution in [3.63, 3.8) is 0 Å². The predicted octanol–water partition coefficient (Wildman–Crippen LogP) is 2.15. The van der Waals surface area contributed by atoms with Gasteiger partial charge in [-0.1, -0.05) is 12.1 Å². The van der Waals surface area contributed by atoms with Crippen molar-refractivity contribution in [1.82, 2.24) is 10.6 Å². The SMILES string of the molecule is CCNC(=NCCc1ccc(NC(C)=O)cc1)NC(C)C. The highest BCUT2D eigenvalue weighted by Crippen LogP contribution is 2.09. The summed E-state index contributed by atoms with van der Waals surface area (Å²) in [6.45, 7) is 9.32. The minimum Gasteiger partial charge on any atom is -0.357 e. The molecule has 1 aromatic rings. The first-order valence-corrected chi connectivity index (χ1v) is 7.42. The Bertz CT molecular complexity index is 466. The largest absolute Gasteiger partial charge is 0.357 e. The summed E-state index contributed by atoms with van der Waals surface area (Å²) in [6, 6.07) is 8.23. The van der Waals surface area contributed by atoms with Gasteiger partial charge in [0, 0.05) is 31.7 Å². The summed E-state index contributed by atoms with van der Waals surface area (Å²) in [5.74, 6) is 0.796. The van der Waals surface area contributed by atoms with Crippen LogP contribution in [0.5, 0.6) is 0 Å². The molecule has 0 aromatic heterocycles. The normalized spacial score (nSPS) is 11.4. The van der Waals surface area contributed by atoms with E-state index < -0.39 is 0 Å². The van der Waals surface area contributed by atoms with E-state index in [-0.39, 0.29) is 5.91 Å². The van der Waals surface area contributed by atoms with Crippen molar-refractivity contribution in [3.05, 3.63) is 29.8 Å². The first-order valence-electron chi connectivity index (χ1n) is 7.42. The minimum atomic E-state index is -0.0533. The fourth-order valence-corrected chi connectivity index (χ4v) is 1.85. The van der Waals surface area contributed by atoms with Gasteiger partial charge in [-0.2, -0.15) is 0 Å². The maximum absolute atomic E-state index is 11.0. The van der Waals surface area contributed by atoms with E-state index in [1.54, 1.807) is 0 Å². The quantitative estimate of drug-likeness (QED) is 0.555. The second-order valence-corrected chi connectivity index (χ2v) is 5.19. The molecule has 0 bridgehead atoms. The summed E-state index contributed by atoms with van der Waals surface area (Å²) in [5.41, 5.74) is 2.03. The van der Waals surface area contributed by atoms with Gasteiger partial charge in [0.1, 0.15) is 0 Å². The Morgan fingerprint density at radius 2 is 1.90 bits per heavy atom. The number of hydrogen-bond acceptors (Lipinski definition) is 2. The van der Waals surface area contributed by atoms with Gasteiger partial charge < -0.3 is 16.0 Å². The van der Waals surface area contributed by atoms with Crippen LogP contribution in [-0.4, -0.2) is 31.0 Å². The van der Waals surface area contributed by atoms with E-state index in [1.807, 2.05) is 24.3 Å². The third kappa shape index (κ3) is 7.34. The van der Waals surface area contributed by atoms with E-state index in [0.717, 1.165) is 31.2 Å². The number of anilines is 1. The number of nitrogens with one attached hydrogen (secondary N) is 3. The zero-order valence-electron chi connectivity index (χ0n) is 13.4. The Labute approximate surface area is 127 Å². The molecular weight excluding hydrogens is 264 g/mol. The Balaban J connectivity index is 2.51. The molecule has 0 saturated carbocycles. The topological polar surface area (TPSA) is 65.5 Å². The molecule has 3 N–H and O–H groups in total. The molecule has 0 atom stereocenters. The van der Waals surface area contributed by atoms with Crippen molar-refractivity contribution in [2.45, 2.75) is 40.2 Å². The van der Waals surface area contributed by atoms with Crippen LogP contribution in [0, 0.1) is 0 Å².